The normalized spacial score (nSPS) is 26.8. The molecule has 1 aliphatic rings. The molecule has 3 atom stereocenters. The van der Waals surface area contributed by atoms with Gasteiger partial charge in [-0.1, -0.05) is 33.3 Å². The Bertz CT molecular complexity index is 441. The van der Waals surface area contributed by atoms with Gasteiger partial charge in [-0.05, 0) is 60.8 Å². The van der Waals surface area contributed by atoms with Gasteiger partial charge in [0.05, 0.1) is 0 Å². The van der Waals surface area contributed by atoms with E-state index >= 15 is 0 Å². The van der Waals surface area contributed by atoms with E-state index < -0.39 is 0 Å². The maximum Gasteiger partial charge on any atom is 0.120 e. The zero-order chi connectivity index (χ0) is 14.7. The first-order chi connectivity index (χ1) is 9.51. The molecule has 0 radical (unpaired) electrons. The van der Waals surface area contributed by atoms with Crippen LogP contribution in [0.2, 0.25) is 0 Å². The van der Waals surface area contributed by atoms with E-state index in [1.807, 2.05) is 0 Å². The Kier molecular flexibility index (Phi) is 5.09. The summed E-state index contributed by atoms with van der Waals surface area (Å²) in [7, 11) is 0. The van der Waals surface area contributed by atoms with E-state index in [2.05, 4.69) is 45.9 Å². The molecule has 0 spiro atoms. The third-order valence-corrected chi connectivity index (χ3v) is 4.78. The Balaban J connectivity index is 2.11. The number of aryl methyl sites for hydroxylation is 1. The van der Waals surface area contributed by atoms with Gasteiger partial charge in [0.25, 0.3) is 0 Å². The average Bonchev–Trinajstić information content (AvgIpc) is 2.38. The van der Waals surface area contributed by atoms with Crippen LogP contribution >= 0.6 is 0 Å². The van der Waals surface area contributed by atoms with Crippen molar-refractivity contribution < 1.29 is 4.74 Å². The van der Waals surface area contributed by atoms with Crippen molar-refractivity contribution in [3.05, 3.63) is 29.3 Å². The molecule has 1 saturated carbocycles. The van der Waals surface area contributed by atoms with Gasteiger partial charge in [0.2, 0.25) is 0 Å². The largest absolute Gasteiger partial charge is 0.490 e. The van der Waals surface area contributed by atoms with Crippen LogP contribution in [0.25, 0.3) is 0 Å². The predicted molar refractivity (Wildman–Crippen MR) is 84.8 cm³/mol. The highest BCUT2D eigenvalue weighted by molar-refractivity contribution is 5.34. The van der Waals surface area contributed by atoms with Gasteiger partial charge in [-0.15, -0.1) is 0 Å². The average molecular weight is 275 g/mol. The summed E-state index contributed by atoms with van der Waals surface area (Å²) in [6.07, 6.45) is 4.18. The number of hydrogen-bond donors (Lipinski definition) is 1. The van der Waals surface area contributed by atoms with Crippen LogP contribution in [-0.4, -0.2) is 6.10 Å². The maximum absolute atomic E-state index is 6.34. The summed E-state index contributed by atoms with van der Waals surface area (Å²) in [6, 6.07) is 6.31. The molecule has 0 amide bonds. The summed E-state index contributed by atoms with van der Waals surface area (Å²) in [5.41, 5.74) is 8.16. The molecule has 3 unspecified atom stereocenters. The first-order valence-corrected chi connectivity index (χ1v) is 7.97. The molecule has 1 aliphatic carbocycles. The first kappa shape index (κ1) is 15.4. The van der Waals surface area contributed by atoms with E-state index in [0.717, 1.165) is 11.7 Å². The monoisotopic (exact) mass is 275 g/mol. The van der Waals surface area contributed by atoms with E-state index in [4.69, 9.17) is 10.5 Å². The molecule has 2 nitrogen and oxygen atoms in total. The molecule has 0 bridgehead atoms. The van der Waals surface area contributed by atoms with Crippen molar-refractivity contribution in [3.8, 4) is 5.75 Å². The van der Waals surface area contributed by atoms with Gasteiger partial charge in [0, 0.05) is 6.54 Å². The summed E-state index contributed by atoms with van der Waals surface area (Å²) < 4.78 is 6.34. The smallest absolute Gasteiger partial charge is 0.120 e. The molecule has 1 fully saturated rings. The fourth-order valence-corrected chi connectivity index (χ4v) is 3.40. The molecule has 0 heterocycles. The minimum Gasteiger partial charge on any atom is -0.490 e. The highest BCUT2D eigenvalue weighted by Crippen LogP contribution is 2.36. The quantitative estimate of drug-likeness (QED) is 0.889. The van der Waals surface area contributed by atoms with Crippen molar-refractivity contribution >= 4 is 0 Å². The number of benzene rings is 1. The molecular formula is C18H29NO. The second-order valence-corrected chi connectivity index (χ2v) is 6.77. The molecule has 1 aromatic carbocycles. The summed E-state index contributed by atoms with van der Waals surface area (Å²) in [5.74, 6) is 3.15. The second kappa shape index (κ2) is 6.62. The number of nitrogens with two attached hydrogens (primary N) is 1. The van der Waals surface area contributed by atoms with Crippen molar-refractivity contribution in [2.45, 2.75) is 59.6 Å². The summed E-state index contributed by atoms with van der Waals surface area (Å²) >= 11 is 0. The predicted octanol–water partition coefficient (Wildman–Crippen LogP) is 4.29. The minimum atomic E-state index is 0.363. The number of hydrogen-bond acceptors (Lipinski definition) is 2. The van der Waals surface area contributed by atoms with Crippen molar-refractivity contribution in [1.82, 2.24) is 0 Å². The highest BCUT2D eigenvalue weighted by atomic mass is 16.5. The Morgan fingerprint density at radius 2 is 2.05 bits per heavy atom. The molecule has 2 heteroatoms. The Hall–Kier alpha value is -1.02. The van der Waals surface area contributed by atoms with Gasteiger partial charge < -0.3 is 10.5 Å². The number of ether oxygens (including phenoxy) is 1. The topological polar surface area (TPSA) is 35.2 Å². The zero-order valence-electron chi connectivity index (χ0n) is 13.4. The van der Waals surface area contributed by atoms with Gasteiger partial charge in [0.1, 0.15) is 11.9 Å². The molecule has 20 heavy (non-hydrogen) atoms. The molecule has 0 saturated heterocycles. The van der Waals surface area contributed by atoms with Crippen LogP contribution in [0, 0.1) is 24.7 Å². The number of rotatable bonds is 4. The molecule has 112 valence electrons. The molecule has 2 rings (SSSR count). The lowest BCUT2D eigenvalue weighted by molar-refractivity contribution is 0.0460. The molecule has 0 aliphatic heterocycles. The van der Waals surface area contributed by atoms with Crippen LogP contribution in [0.1, 0.15) is 51.2 Å². The first-order valence-electron chi connectivity index (χ1n) is 7.97. The molecular weight excluding hydrogens is 246 g/mol. The lowest BCUT2D eigenvalue weighted by atomic mass is 9.75. The van der Waals surface area contributed by atoms with Gasteiger partial charge in [-0.3, -0.25) is 0 Å². The van der Waals surface area contributed by atoms with E-state index in [9.17, 15) is 0 Å². The van der Waals surface area contributed by atoms with Crippen LogP contribution in [-0.2, 0) is 6.54 Å². The lowest BCUT2D eigenvalue weighted by Crippen LogP contribution is -2.36. The zero-order valence-corrected chi connectivity index (χ0v) is 13.4. The summed E-state index contributed by atoms with van der Waals surface area (Å²) in [4.78, 5) is 0. The minimum absolute atomic E-state index is 0.363. The fraction of sp³-hybridized carbons (Fsp3) is 0.667. The summed E-state index contributed by atoms with van der Waals surface area (Å²) in [5, 5.41) is 0. The van der Waals surface area contributed by atoms with Gasteiger partial charge in [0.15, 0.2) is 0 Å². The van der Waals surface area contributed by atoms with Crippen molar-refractivity contribution in [3.63, 3.8) is 0 Å². The van der Waals surface area contributed by atoms with Crippen LogP contribution < -0.4 is 10.5 Å². The van der Waals surface area contributed by atoms with Crippen LogP contribution in [0.15, 0.2) is 18.2 Å². The van der Waals surface area contributed by atoms with Gasteiger partial charge >= 0.3 is 0 Å². The van der Waals surface area contributed by atoms with Gasteiger partial charge in [-0.2, -0.15) is 0 Å². The molecule has 1 aromatic rings. The third kappa shape index (κ3) is 3.54. The Labute approximate surface area is 123 Å². The third-order valence-electron chi connectivity index (χ3n) is 4.78. The fourth-order valence-electron chi connectivity index (χ4n) is 3.40. The van der Waals surface area contributed by atoms with Crippen LogP contribution in [0.5, 0.6) is 5.75 Å². The van der Waals surface area contributed by atoms with E-state index in [-0.39, 0.29) is 0 Å². The van der Waals surface area contributed by atoms with Crippen molar-refractivity contribution in [2.24, 2.45) is 23.5 Å². The van der Waals surface area contributed by atoms with Crippen molar-refractivity contribution in [2.75, 3.05) is 0 Å². The SMILES string of the molecule is Cc1cc(OC2CC(C)CCC2C(C)C)ccc1CN. The summed E-state index contributed by atoms with van der Waals surface area (Å²) in [6.45, 7) is 9.69. The van der Waals surface area contributed by atoms with E-state index in [1.54, 1.807) is 0 Å². The Morgan fingerprint density at radius 1 is 1.30 bits per heavy atom. The van der Waals surface area contributed by atoms with E-state index in [1.165, 1.54) is 30.4 Å². The standard InChI is InChI=1S/C18H29NO/c1-12(2)17-8-5-13(3)9-18(17)20-16-7-6-15(11-19)14(4)10-16/h6-7,10,12-13,17-18H,5,8-9,11,19H2,1-4H3. The molecule has 0 aromatic heterocycles. The lowest BCUT2D eigenvalue weighted by Gasteiger charge is -2.37. The van der Waals surface area contributed by atoms with Crippen LogP contribution in [0.4, 0.5) is 0 Å². The van der Waals surface area contributed by atoms with Crippen LogP contribution in [0.3, 0.4) is 0 Å². The highest BCUT2D eigenvalue weighted by Gasteiger charge is 2.32. The van der Waals surface area contributed by atoms with Gasteiger partial charge in [-0.25, -0.2) is 0 Å². The Morgan fingerprint density at radius 3 is 2.65 bits per heavy atom. The maximum atomic E-state index is 6.34. The van der Waals surface area contributed by atoms with Crippen molar-refractivity contribution in [1.29, 1.82) is 0 Å². The molecule has 2 N–H and O–H groups in total. The van der Waals surface area contributed by atoms with E-state index in [0.29, 0.717) is 24.5 Å². The second-order valence-electron chi connectivity index (χ2n) is 6.77.